The largest absolute Gasteiger partial charge is 0.481 e. The van der Waals surface area contributed by atoms with Crippen molar-refractivity contribution < 1.29 is 23.5 Å². The van der Waals surface area contributed by atoms with Crippen molar-refractivity contribution in [3.8, 4) is 0 Å². The molecule has 0 bridgehead atoms. The van der Waals surface area contributed by atoms with E-state index in [1.807, 2.05) is 0 Å². The van der Waals surface area contributed by atoms with E-state index in [1.54, 1.807) is 13.2 Å². The Labute approximate surface area is 142 Å². The number of benzene rings is 1. The van der Waals surface area contributed by atoms with Crippen LogP contribution in [0, 0.1) is 17.6 Å². The van der Waals surface area contributed by atoms with E-state index in [4.69, 9.17) is 0 Å². The van der Waals surface area contributed by atoms with Crippen molar-refractivity contribution in [3.63, 3.8) is 0 Å². The van der Waals surface area contributed by atoms with E-state index in [2.05, 4.69) is 5.10 Å². The van der Waals surface area contributed by atoms with Gasteiger partial charge in [-0.3, -0.25) is 14.3 Å². The number of likely N-dealkylation sites (tertiary alicyclic amines) is 1. The Hall–Kier alpha value is -2.77. The molecule has 1 N–H and O–H groups in total. The predicted octanol–water partition coefficient (Wildman–Crippen LogP) is 2.26. The molecule has 132 valence electrons. The van der Waals surface area contributed by atoms with E-state index >= 15 is 0 Å². The third-order valence-electron chi connectivity index (χ3n) is 4.44. The molecule has 1 amide bonds. The number of amides is 1. The first-order valence-corrected chi connectivity index (χ1v) is 7.81. The van der Waals surface area contributed by atoms with Crippen molar-refractivity contribution in [2.45, 2.75) is 25.4 Å². The summed E-state index contributed by atoms with van der Waals surface area (Å²) < 4.78 is 29.0. The van der Waals surface area contributed by atoms with Crippen molar-refractivity contribution in [1.29, 1.82) is 0 Å². The summed E-state index contributed by atoms with van der Waals surface area (Å²) in [5.74, 6) is -3.43. The third-order valence-corrected chi connectivity index (χ3v) is 4.44. The monoisotopic (exact) mass is 349 g/mol. The van der Waals surface area contributed by atoms with Crippen LogP contribution in [0.3, 0.4) is 0 Å². The molecule has 1 aliphatic heterocycles. The SMILES string of the molecule is Cn1cc(C2C(C(=O)O)CCC(=O)N2Cc2cc(F)ccc2F)cn1. The van der Waals surface area contributed by atoms with Gasteiger partial charge in [-0.2, -0.15) is 5.10 Å². The van der Waals surface area contributed by atoms with E-state index in [0.717, 1.165) is 18.2 Å². The number of nitrogens with zero attached hydrogens (tertiary/aromatic N) is 3. The molecular formula is C17H17F2N3O3. The number of piperidine rings is 1. The summed E-state index contributed by atoms with van der Waals surface area (Å²) in [5, 5.41) is 13.6. The van der Waals surface area contributed by atoms with Gasteiger partial charge in [0.25, 0.3) is 0 Å². The molecule has 2 heterocycles. The smallest absolute Gasteiger partial charge is 0.308 e. The van der Waals surface area contributed by atoms with Gasteiger partial charge in [0, 0.05) is 37.3 Å². The van der Waals surface area contributed by atoms with Gasteiger partial charge in [0.1, 0.15) is 11.6 Å². The standard InChI is InChI=1S/C17H17F2N3O3/c1-21-8-11(7-20-21)16-13(17(24)25)3-5-15(23)22(16)9-10-6-12(18)2-4-14(10)19/h2,4,6-8,13,16H,3,5,9H2,1H3,(H,24,25). The summed E-state index contributed by atoms with van der Waals surface area (Å²) in [7, 11) is 1.68. The van der Waals surface area contributed by atoms with E-state index in [-0.39, 0.29) is 30.9 Å². The van der Waals surface area contributed by atoms with E-state index in [1.165, 1.54) is 15.8 Å². The Balaban J connectivity index is 2.01. The molecule has 2 unspecified atom stereocenters. The molecule has 2 atom stereocenters. The van der Waals surface area contributed by atoms with Crippen molar-refractivity contribution in [2.24, 2.45) is 13.0 Å². The summed E-state index contributed by atoms with van der Waals surface area (Å²) in [6.07, 6.45) is 3.36. The van der Waals surface area contributed by atoms with Crippen LogP contribution in [0.25, 0.3) is 0 Å². The molecule has 1 aromatic heterocycles. The number of hydrogen-bond acceptors (Lipinski definition) is 3. The van der Waals surface area contributed by atoms with E-state index in [9.17, 15) is 23.5 Å². The van der Waals surface area contributed by atoms with Crippen LogP contribution in [0.5, 0.6) is 0 Å². The van der Waals surface area contributed by atoms with Crippen molar-refractivity contribution in [2.75, 3.05) is 0 Å². The Bertz CT molecular complexity index is 821. The number of rotatable bonds is 4. The highest BCUT2D eigenvalue weighted by Gasteiger charge is 2.41. The topological polar surface area (TPSA) is 75.4 Å². The second-order valence-corrected chi connectivity index (χ2v) is 6.13. The highest BCUT2D eigenvalue weighted by atomic mass is 19.1. The molecule has 0 saturated carbocycles. The molecule has 1 aliphatic rings. The fraction of sp³-hybridized carbons (Fsp3) is 0.353. The van der Waals surface area contributed by atoms with Crippen LogP contribution < -0.4 is 0 Å². The van der Waals surface area contributed by atoms with Crippen LogP contribution in [-0.4, -0.2) is 31.7 Å². The lowest BCUT2D eigenvalue weighted by atomic mass is 9.85. The average molecular weight is 349 g/mol. The minimum Gasteiger partial charge on any atom is -0.481 e. The first-order valence-electron chi connectivity index (χ1n) is 7.81. The second-order valence-electron chi connectivity index (χ2n) is 6.13. The van der Waals surface area contributed by atoms with Crippen LogP contribution in [0.15, 0.2) is 30.6 Å². The van der Waals surface area contributed by atoms with Crippen LogP contribution >= 0.6 is 0 Å². The lowest BCUT2D eigenvalue weighted by Crippen LogP contribution is -2.44. The molecule has 1 saturated heterocycles. The normalized spacial score (nSPS) is 20.8. The summed E-state index contributed by atoms with van der Waals surface area (Å²) in [6.45, 7) is -0.203. The highest BCUT2D eigenvalue weighted by molar-refractivity contribution is 5.81. The Morgan fingerprint density at radius 3 is 2.80 bits per heavy atom. The highest BCUT2D eigenvalue weighted by Crippen LogP contribution is 2.38. The lowest BCUT2D eigenvalue weighted by Gasteiger charge is -2.39. The van der Waals surface area contributed by atoms with Crippen LogP contribution in [0.1, 0.15) is 30.0 Å². The van der Waals surface area contributed by atoms with Gasteiger partial charge in [-0.1, -0.05) is 0 Å². The number of aryl methyl sites for hydroxylation is 1. The van der Waals surface area contributed by atoms with Crippen LogP contribution in [-0.2, 0) is 23.2 Å². The predicted molar refractivity (Wildman–Crippen MR) is 83.2 cm³/mol. The molecule has 0 radical (unpaired) electrons. The summed E-state index contributed by atoms with van der Waals surface area (Å²) in [6, 6.07) is 2.23. The van der Waals surface area contributed by atoms with Gasteiger partial charge < -0.3 is 10.0 Å². The fourth-order valence-electron chi connectivity index (χ4n) is 3.25. The number of halogens is 2. The molecule has 8 heteroatoms. The maximum atomic E-state index is 14.0. The lowest BCUT2D eigenvalue weighted by molar-refractivity contribution is -0.152. The van der Waals surface area contributed by atoms with Crippen molar-refractivity contribution in [1.82, 2.24) is 14.7 Å². The number of carbonyl (C=O) groups is 2. The Morgan fingerprint density at radius 2 is 2.16 bits per heavy atom. The molecule has 25 heavy (non-hydrogen) atoms. The quantitative estimate of drug-likeness (QED) is 0.919. The maximum Gasteiger partial charge on any atom is 0.308 e. The molecule has 0 aliphatic carbocycles. The number of carbonyl (C=O) groups excluding carboxylic acids is 1. The van der Waals surface area contributed by atoms with Gasteiger partial charge in [-0.05, 0) is 24.6 Å². The zero-order valence-corrected chi connectivity index (χ0v) is 13.5. The Morgan fingerprint density at radius 1 is 1.40 bits per heavy atom. The zero-order chi connectivity index (χ0) is 18.1. The number of aliphatic carboxylic acids is 1. The summed E-state index contributed by atoms with van der Waals surface area (Å²) in [4.78, 5) is 25.4. The van der Waals surface area contributed by atoms with Crippen molar-refractivity contribution in [3.05, 3.63) is 53.4 Å². The van der Waals surface area contributed by atoms with Gasteiger partial charge in [0.15, 0.2) is 0 Å². The molecule has 1 fully saturated rings. The summed E-state index contributed by atoms with van der Waals surface area (Å²) >= 11 is 0. The van der Waals surface area contributed by atoms with Gasteiger partial charge in [0.2, 0.25) is 5.91 Å². The summed E-state index contributed by atoms with van der Waals surface area (Å²) in [5.41, 5.74) is 0.563. The number of hydrogen-bond donors (Lipinski definition) is 1. The van der Waals surface area contributed by atoms with Gasteiger partial charge in [-0.15, -0.1) is 0 Å². The molecule has 6 nitrogen and oxygen atoms in total. The minimum atomic E-state index is -1.04. The Kier molecular flexibility index (Phi) is 4.52. The molecule has 0 spiro atoms. The fourth-order valence-corrected chi connectivity index (χ4v) is 3.25. The second kappa shape index (κ2) is 6.62. The third kappa shape index (κ3) is 3.38. The molecule has 2 aromatic rings. The van der Waals surface area contributed by atoms with Gasteiger partial charge in [-0.25, -0.2) is 8.78 Å². The number of carboxylic acid groups (broad SMARTS) is 1. The van der Waals surface area contributed by atoms with E-state index in [0.29, 0.717) is 5.56 Å². The minimum absolute atomic E-state index is 0.00767. The van der Waals surface area contributed by atoms with Crippen LogP contribution in [0.4, 0.5) is 8.78 Å². The number of carboxylic acids is 1. The maximum absolute atomic E-state index is 14.0. The van der Waals surface area contributed by atoms with Gasteiger partial charge in [0.05, 0.1) is 18.2 Å². The molecule has 3 rings (SSSR count). The molecular weight excluding hydrogens is 332 g/mol. The number of aromatic nitrogens is 2. The first-order chi connectivity index (χ1) is 11.9. The van der Waals surface area contributed by atoms with Crippen LogP contribution in [0.2, 0.25) is 0 Å². The van der Waals surface area contributed by atoms with Crippen molar-refractivity contribution >= 4 is 11.9 Å². The zero-order valence-electron chi connectivity index (χ0n) is 13.5. The first kappa shape index (κ1) is 17.1. The van der Waals surface area contributed by atoms with E-state index < -0.39 is 29.6 Å². The molecule has 1 aromatic carbocycles. The van der Waals surface area contributed by atoms with Gasteiger partial charge >= 0.3 is 5.97 Å². The average Bonchev–Trinajstić information content (AvgIpc) is 2.98.